The molecule has 4 aromatic rings. The lowest BCUT2D eigenvalue weighted by Gasteiger charge is -2.02. The molecular formula is C22H22O2S. The summed E-state index contributed by atoms with van der Waals surface area (Å²) in [7, 11) is 0. The number of rotatable bonds is 7. The van der Waals surface area contributed by atoms with Crippen molar-refractivity contribution in [2.75, 3.05) is 0 Å². The van der Waals surface area contributed by atoms with Crippen LogP contribution < -0.4 is 0 Å². The van der Waals surface area contributed by atoms with Crippen LogP contribution in [0, 0.1) is 0 Å². The van der Waals surface area contributed by atoms with E-state index in [0.29, 0.717) is 6.42 Å². The number of hydrogen-bond acceptors (Lipinski definition) is 3. The second kappa shape index (κ2) is 7.01. The van der Waals surface area contributed by atoms with Crippen molar-refractivity contribution in [2.45, 2.75) is 45.4 Å². The topological polar surface area (TPSA) is 30.2 Å². The molecule has 0 spiro atoms. The fourth-order valence-corrected chi connectivity index (χ4v) is 4.61. The fraction of sp³-hybridized carbons (Fsp3) is 0.318. The number of ketones is 1. The van der Waals surface area contributed by atoms with E-state index in [2.05, 4.69) is 13.0 Å². The molecule has 2 nitrogen and oxygen atoms in total. The van der Waals surface area contributed by atoms with Gasteiger partial charge in [-0.1, -0.05) is 50.8 Å². The van der Waals surface area contributed by atoms with Crippen LogP contribution in [0.4, 0.5) is 0 Å². The Morgan fingerprint density at radius 3 is 2.72 bits per heavy atom. The molecule has 0 saturated carbocycles. The van der Waals surface area contributed by atoms with Crippen LogP contribution in [0.5, 0.6) is 0 Å². The Morgan fingerprint density at radius 1 is 1.00 bits per heavy atom. The van der Waals surface area contributed by atoms with E-state index in [9.17, 15) is 4.79 Å². The number of hydrogen-bond donors (Lipinski definition) is 0. The summed E-state index contributed by atoms with van der Waals surface area (Å²) in [4.78, 5) is 12.5. The zero-order valence-corrected chi connectivity index (χ0v) is 15.3. The third kappa shape index (κ3) is 3.09. The minimum Gasteiger partial charge on any atom is -0.454 e. The van der Waals surface area contributed by atoms with Crippen LogP contribution in [-0.4, -0.2) is 5.78 Å². The smallest absolute Gasteiger partial charge is 0.162 e. The monoisotopic (exact) mass is 350 g/mol. The summed E-state index contributed by atoms with van der Waals surface area (Å²) in [5.74, 6) is 0.258. The predicted molar refractivity (Wildman–Crippen MR) is 107 cm³/mol. The van der Waals surface area contributed by atoms with Crippen LogP contribution in [0.1, 0.15) is 55.8 Å². The van der Waals surface area contributed by atoms with Gasteiger partial charge in [-0.2, -0.15) is 0 Å². The molecule has 0 bridgehead atoms. The fourth-order valence-electron chi connectivity index (χ4n) is 3.41. The van der Waals surface area contributed by atoms with Gasteiger partial charge in [0.1, 0.15) is 5.58 Å². The lowest BCUT2D eigenvalue weighted by Crippen LogP contribution is -1.98. The van der Waals surface area contributed by atoms with Gasteiger partial charge in [-0.15, -0.1) is 11.3 Å². The number of para-hydroxylation sites is 1. The van der Waals surface area contributed by atoms with Crippen molar-refractivity contribution in [2.24, 2.45) is 0 Å². The summed E-state index contributed by atoms with van der Waals surface area (Å²) in [6.07, 6.45) is 6.53. The molecule has 0 saturated heterocycles. The van der Waals surface area contributed by atoms with E-state index < -0.39 is 0 Å². The highest BCUT2D eigenvalue weighted by atomic mass is 32.1. The maximum Gasteiger partial charge on any atom is 0.162 e. The third-order valence-corrected chi connectivity index (χ3v) is 5.98. The van der Waals surface area contributed by atoms with Crippen LogP contribution in [0.15, 0.2) is 46.9 Å². The Hall–Kier alpha value is -2.13. The summed E-state index contributed by atoms with van der Waals surface area (Å²) in [5, 5.41) is 2.26. The molecule has 0 unspecified atom stereocenters. The van der Waals surface area contributed by atoms with Crippen LogP contribution in [0.25, 0.3) is 31.3 Å². The quantitative estimate of drug-likeness (QED) is 0.258. The highest BCUT2D eigenvalue weighted by Crippen LogP contribution is 2.40. The maximum absolute atomic E-state index is 12.5. The van der Waals surface area contributed by atoms with Gasteiger partial charge < -0.3 is 4.42 Å². The molecule has 0 atom stereocenters. The first-order chi connectivity index (χ1) is 12.3. The van der Waals surface area contributed by atoms with Crippen LogP contribution in [0.3, 0.4) is 0 Å². The van der Waals surface area contributed by atoms with Crippen molar-refractivity contribution in [3.63, 3.8) is 0 Å². The number of furan rings is 1. The van der Waals surface area contributed by atoms with Gasteiger partial charge in [0.05, 0.1) is 4.70 Å². The molecular weight excluding hydrogens is 328 g/mol. The molecule has 0 fully saturated rings. The Labute approximate surface area is 151 Å². The van der Waals surface area contributed by atoms with E-state index in [1.54, 1.807) is 11.3 Å². The molecule has 3 heteroatoms. The molecule has 0 aliphatic heterocycles. The third-order valence-electron chi connectivity index (χ3n) is 4.82. The number of Topliss-reactive ketones (excluding diaryl/α,β-unsaturated/α-hetero) is 1. The first-order valence-corrected chi connectivity index (χ1v) is 9.96. The Bertz CT molecular complexity index is 1040. The zero-order chi connectivity index (χ0) is 17.2. The largest absolute Gasteiger partial charge is 0.454 e. The van der Waals surface area contributed by atoms with Crippen molar-refractivity contribution in [3.8, 4) is 0 Å². The SMILES string of the molecule is CCCCCCCC(=O)c1ccc2c(c1)sc1c3ccccc3oc21. The average Bonchev–Trinajstić information content (AvgIpc) is 3.17. The second-order valence-electron chi connectivity index (χ2n) is 6.66. The van der Waals surface area contributed by atoms with Gasteiger partial charge in [0, 0.05) is 27.5 Å². The number of carbonyl (C=O) groups excluding carboxylic acids is 1. The average molecular weight is 350 g/mol. The Balaban J connectivity index is 1.59. The highest BCUT2D eigenvalue weighted by molar-refractivity contribution is 7.26. The van der Waals surface area contributed by atoms with Gasteiger partial charge in [0.25, 0.3) is 0 Å². The van der Waals surface area contributed by atoms with Gasteiger partial charge in [-0.05, 0) is 30.7 Å². The minimum atomic E-state index is 0.258. The van der Waals surface area contributed by atoms with Crippen molar-refractivity contribution in [1.82, 2.24) is 0 Å². The van der Waals surface area contributed by atoms with Crippen molar-refractivity contribution >= 4 is 48.5 Å². The van der Waals surface area contributed by atoms with Gasteiger partial charge in [0.15, 0.2) is 11.4 Å². The number of unbranched alkanes of at least 4 members (excludes halogenated alkanes) is 4. The predicted octanol–water partition coefficient (Wildman–Crippen LogP) is 7.34. The van der Waals surface area contributed by atoms with Crippen molar-refractivity contribution in [3.05, 3.63) is 48.0 Å². The highest BCUT2D eigenvalue weighted by Gasteiger charge is 2.15. The summed E-state index contributed by atoms with van der Waals surface area (Å²) in [6.45, 7) is 2.21. The van der Waals surface area contributed by atoms with E-state index in [-0.39, 0.29) is 5.78 Å². The summed E-state index contributed by atoms with van der Waals surface area (Å²) in [6, 6.07) is 14.2. The van der Waals surface area contributed by atoms with E-state index in [4.69, 9.17) is 4.42 Å². The standard InChI is InChI=1S/C22H22O2S/c1-2-3-4-5-6-10-18(23)15-12-13-17-20(14-15)25-22-16-9-7-8-11-19(16)24-21(17)22/h7-9,11-14H,2-6,10H2,1H3. The molecule has 0 amide bonds. The van der Waals surface area contributed by atoms with E-state index >= 15 is 0 Å². The molecule has 0 radical (unpaired) electrons. The number of carbonyl (C=O) groups is 1. The van der Waals surface area contributed by atoms with E-state index in [1.165, 1.54) is 24.0 Å². The first-order valence-electron chi connectivity index (χ1n) is 9.15. The molecule has 2 heterocycles. The van der Waals surface area contributed by atoms with Crippen molar-refractivity contribution in [1.29, 1.82) is 0 Å². The molecule has 128 valence electrons. The van der Waals surface area contributed by atoms with Crippen molar-refractivity contribution < 1.29 is 9.21 Å². The number of benzene rings is 2. The van der Waals surface area contributed by atoms with Gasteiger partial charge >= 0.3 is 0 Å². The maximum atomic E-state index is 12.5. The second-order valence-corrected chi connectivity index (χ2v) is 7.71. The van der Waals surface area contributed by atoms with Gasteiger partial charge in [-0.25, -0.2) is 0 Å². The van der Waals surface area contributed by atoms with Gasteiger partial charge in [0.2, 0.25) is 0 Å². The lowest BCUT2D eigenvalue weighted by atomic mass is 10.0. The molecule has 4 rings (SSSR count). The van der Waals surface area contributed by atoms with Gasteiger partial charge in [-0.3, -0.25) is 4.79 Å². The minimum absolute atomic E-state index is 0.258. The normalized spacial score (nSPS) is 11.7. The number of thiophene rings is 1. The first kappa shape index (κ1) is 16.3. The summed E-state index contributed by atoms with van der Waals surface area (Å²) >= 11 is 1.72. The molecule has 2 aromatic carbocycles. The zero-order valence-electron chi connectivity index (χ0n) is 14.5. The summed E-state index contributed by atoms with van der Waals surface area (Å²) in [5.41, 5.74) is 2.70. The molecule has 2 aromatic heterocycles. The summed E-state index contributed by atoms with van der Waals surface area (Å²) < 4.78 is 8.35. The van der Waals surface area contributed by atoms with Crippen LogP contribution in [-0.2, 0) is 0 Å². The molecule has 0 aliphatic carbocycles. The van der Waals surface area contributed by atoms with E-state index in [0.717, 1.165) is 45.0 Å². The Kier molecular flexibility index (Phi) is 4.58. The van der Waals surface area contributed by atoms with E-state index in [1.807, 2.05) is 36.4 Å². The number of fused-ring (bicyclic) bond motifs is 5. The molecule has 25 heavy (non-hydrogen) atoms. The molecule has 0 aliphatic rings. The molecule has 0 N–H and O–H groups in total. The van der Waals surface area contributed by atoms with Crippen LogP contribution in [0.2, 0.25) is 0 Å². The lowest BCUT2D eigenvalue weighted by molar-refractivity contribution is 0.0979. The van der Waals surface area contributed by atoms with Crippen LogP contribution >= 0.6 is 11.3 Å². The Morgan fingerprint density at radius 2 is 1.84 bits per heavy atom.